The monoisotopic (exact) mass is 262 g/mol. The standard InChI is InChI=1S/C13H18N4O2/c1-4-5-10(12(14)18)15-13(19)11-7-9(16-17-11)6-8(2)3/h1,7-8,10H,5-6H2,2-3H3,(H2,14,18)(H,15,19)(H,16,17). The van der Waals surface area contributed by atoms with Gasteiger partial charge in [0.1, 0.15) is 11.7 Å². The summed E-state index contributed by atoms with van der Waals surface area (Å²) in [5.74, 6) is 1.62. The number of primary amides is 1. The first-order valence-electron chi connectivity index (χ1n) is 6.02. The van der Waals surface area contributed by atoms with Crippen LogP contribution in [0.15, 0.2) is 6.07 Å². The Morgan fingerprint density at radius 2 is 2.26 bits per heavy atom. The number of hydrogen-bond donors (Lipinski definition) is 3. The molecule has 6 nitrogen and oxygen atoms in total. The van der Waals surface area contributed by atoms with Crippen LogP contribution in [0.4, 0.5) is 0 Å². The zero-order valence-corrected chi connectivity index (χ0v) is 11.1. The third-order valence-electron chi connectivity index (χ3n) is 2.46. The van der Waals surface area contributed by atoms with Gasteiger partial charge in [-0.3, -0.25) is 14.7 Å². The lowest BCUT2D eigenvalue weighted by molar-refractivity contribution is -0.119. The Balaban J connectivity index is 2.69. The zero-order chi connectivity index (χ0) is 14.4. The van der Waals surface area contributed by atoms with Crippen LogP contribution in [0.5, 0.6) is 0 Å². The van der Waals surface area contributed by atoms with Crippen LogP contribution in [0, 0.1) is 18.3 Å². The smallest absolute Gasteiger partial charge is 0.272 e. The molecule has 1 aromatic heterocycles. The Morgan fingerprint density at radius 3 is 2.79 bits per heavy atom. The number of aromatic nitrogens is 2. The molecule has 0 saturated heterocycles. The van der Waals surface area contributed by atoms with Crippen molar-refractivity contribution in [1.29, 1.82) is 0 Å². The molecule has 6 heteroatoms. The van der Waals surface area contributed by atoms with Crippen molar-refractivity contribution in [2.24, 2.45) is 11.7 Å². The molecular formula is C13H18N4O2. The lowest BCUT2D eigenvalue weighted by Gasteiger charge is -2.11. The van der Waals surface area contributed by atoms with Gasteiger partial charge in [-0.2, -0.15) is 5.10 Å². The van der Waals surface area contributed by atoms with Gasteiger partial charge < -0.3 is 11.1 Å². The average Bonchev–Trinajstić information content (AvgIpc) is 2.75. The minimum atomic E-state index is -0.872. The molecule has 2 amide bonds. The Kier molecular flexibility index (Phi) is 5.12. The highest BCUT2D eigenvalue weighted by Crippen LogP contribution is 2.07. The number of nitrogens with two attached hydrogens (primary N) is 1. The van der Waals surface area contributed by atoms with E-state index in [1.54, 1.807) is 6.07 Å². The first kappa shape index (κ1) is 14.8. The molecule has 1 aromatic rings. The van der Waals surface area contributed by atoms with E-state index in [4.69, 9.17) is 12.2 Å². The van der Waals surface area contributed by atoms with E-state index in [2.05, 4.69) is 35.3 Å². The van der Waals surface area contributed by atoms with Crippen LogP contribution < -0.4 is 11.1 Å². The van der Waals surface area contributed by atoms with Crippen LogP contribution in [-0.4, -0.2) is 28.1 Å². The molecule has 1 heterocycles. The predicted molar refractivity (Wildman–Crippen MR) is 71.0 cm³/mol. The zero-order valence-electron chi connectivity index (χ0n) is 11.1. The third-order valence-corrected chi connectivity index (χ3v) is 2.46. The normalized spacial score (nSPS) is 11.9. The molecule has 19 heavy (non-hydrogen) atoms. The van der Waals surface area contributed by atoms with Gasteiger partial charge in [0.25, 0.3) is 5.91 Å². The molecule has 4 N–H and O–H groups in total. The highest BCUT2D eigenvalue weighted by Gasteiger charge is 2.19. The maximum Gasteiger partial charge on any atom is 0.272 e. The summed E-state index contributed by atoms with van der Waals surface area (Å²) >= 11 is 0. The van der Waals surface area contributed by atoms with Crippen LogP contribution >= 0.6 is 0 Å². The van der Waals surface area contributed by atoms with Crippen LogP contribution in [0.1, 0.15) is 36.5 Å². The summed E-state index contributed by atoms with van der Waals surface area (Å²) in [5.41, 5.74) is 6.23. The molecule has 0 aromatic carbocycles. The van der Waals surface area contributed by atoms with Gasteiger partial charge in [0, 0.05) is 12.1 Å². The first-order chi connectivity index (χ1) is 8.93. The largest absolute Gasteiger partial charge is 0.368 e. The van der Waals surface area contributed by atoms with E-state index in [0.29, 0.717) is 5.92 Å². The number of H-pyrrole nitrogens is 1. The maximum absolute atomic E-state index is 11.9. The molecule has 0 spiro atoms. The fraction of sp³-hybridized carbons (Fsp3) is 0.462. The molecule has 1 atom stereocenters. The molecule has 0 aliphatic heterocycles. The summed E-state index contributed by atoms with van der Waals surface area (Å²) in [5, 5.41) is 9.15. The van der Waals surface area contributed by atoms with Gasteiger partial charge in [-0.1, -0.05) is 13.8 Å². The van der Waals surface area contributed by atoms with E-state index in [1.807, 2.05) is 0 Å². The molecule has 1 rings (SSSR count). The number of amides is 2. The fourth-order valence-electron chi connectivity index (χ4n) is 1.60. The van der Waals surface area contributed by atoms with Crippen molar-refractivity contribution >= 4 is 11.8 Å². The van der Waals surface area contributed by atoms with E-state index in [1.165, 1.54) is 0 Å². The number of aromatic amines is 1. The molecule has 0 bridgehead atoms. The lowest BCUT2D eigenvalue weighted by Crippen LogP contribution is -2.44. The van der Waals surface area contributed by atoms with Crippen molar-refractivity contribution in [1.82, 2.24) is 15.5 Å². The highest BCUT2D eigenvalue weighted by molar-refractivity contribution is 5.95. The second-order valence-corrected chi connectivity index (χ2v) is 4.71. The Hall–Kier alpha value is -2.29. The van der Waals surface area contributed by atoms with E-state index in [0.717, 1.165) is 12.1 Å². The molecule has 0 saturated carbocycles. The van der Waals surface area contributed by atoms with Gasteiger partial charge in [0.2, 0.25) is 5.91 Å². The van der Waals surface area contributed by atoms with Gasteiger partial charge in [0.15, 0.2) is 0 Å². The predicted octanol–water partition coefficient (Wildman–Crippen LogP) is 0.215. The molecule has 102 valence electrons. The van der Waals surface area contributed by atoms with Crippen molar-refractivity contribution in [2.45, 2.75) is 32.7 Å². The lowest BCUT2D eigenvalue weighted by atomic mass is 10.1. The number of nitrogens with zero attached hydrogens (tertiary/aromatic N) is 1. The minimum Gasteiger partial charge on any atom is -0.368 e. The third kappa shape index (κ3) is 4.47. The summed E-state index contributed by atoms with van der Waals surface area (Å²) in [6, 6.07) is 0.784. The number of rotatable bonds is 6. The summed E-state index contributed by atoms with van der Waals surface area (Å²) in [6.07, 6.45) is 5.97. The number of terminal acetylenes is 1. The summed E-state index contributed by atoms with van der Waals surface area (Å²) in [6.45, 7) is 4.13. The molecule has 0 aliphatic rings. The van der Waals surface area contributed by atoms with Crippen molar-refractivity contribution in [3.8, 4) is 12.3 Å². The SMILES string of the molecule is C#CCC(NC(=O)c1cc(CC(C)C)[nH]n1)C(N)=O. The van der Waals surface area contributed by atoms with Gasteiger partial charge in [-0.25, -0.2) is 0 Å². The van der Waals surface area contributed by atoms with Crippen LogP contribution in [0.3, 0.4) is 0 Å². The average molecular weight is 262 g/mol. The molecule has 1 unspecified atom stereocenters. The van der Waals surface area contributed by atoms with E-state index >= 15 is 0 Å². The molecule has 0 fully saturated rings. The number of carbonyl (C=O) groups excluding carboxylic acids is 2. The molecular weight excluding hydrogens is 244 g/mol. The first-order valence-corrected chi connectivity index (χ1v) is 6.02. The van der Waals surface area contributed by atoms with Crippen LogP contribution in [0.2, 0.25) is 0 Å². The molecule has 0 radical (unpaired) electrons. The fourth-order valence-corrected chi connectivity index (χ4v) is 1.60. The summed E-state index contributed by atoms with van der Waals surface area (Å²) < 4.78 is 0. The van der Waals surface area contributed by atoms with Crippen molar-refractivity contribution < 1.29 is 9.59 Å². The van der Waals surface area contributed by atoms with E-state index < -0.39 is 17.9 Å². The number of hydrogen-bond acceptors (Lipinski definition) is 3. The number of carbonyl (C=O) groups is 2. The van der Waals surface area contributed by atoms with Crippen LogP contribution in [0.25, 0.3) is 0 Å². The van der Waals surface area contributed by atoms with Gasteiger partial charge in [-0.15, -0.1) is 12.3 Å². The Morgan fingerprint density at radius 1 is 1.58 bits per heavy atom. The van der Waals surface area contributed by atoms with Crippen molar-refractivity contribution in [3.05, 3.63) is 17.5 Å². The summed E-state index contributed by atoms with van der Waals surface area (Å²) in [4.78, 5) is 23.0. The number of nitrogens with one attached hydrogen (secondary N) is 2. The van der Waals surface area contributed by atoms with E-state index in [9.17, 15) is 9.59 Å². The second kappa shape index (κ2) is 6.59. The highest BCUT2D eigenvalue weighted by atomic mass is 16.2. The van der Waals surface area contributed by atoms with Crippen molar-refractivity contribution in [2.75, 3.05) is 0 Å². The van der Waals surface area contributed by atoms with Gasteiger partial charge >= 0.3 is 0 Å². The Labute approximate surface area is 112 Å². The van der Waals surface area contributed by atoms with Crippen molar-refractivity contribution in [3.63, 3.8) is 0 Å². The molecule has 0 aliphatic carbocycles. The summed E-state index contributed by atoms with van der Waals surface area (Å²) in [7, 11) is 0. The Bertz CT molecular complexity index is 499. The van der Waals surface area contributed by atoms with Gasteiger partial charge in [0.05, 0.1) is 0 Å². The second-order valence-electron chi connectivity index (χ2n) is 4.71. The minimum absolute atomic E-state index is 0.0599. The quantitative estimate of drug-likeness (QED) is 0.639. The topological polar surface area (TPSA) is 101 Å². The van der Waals surface area contributed by atoms with Gasteiger partial charge in [-0.05, 0) is 18.4 Å². The van der Waals surface area contributed by atoms with E-state index in [-0.39, 0.29) is 12.1 Å². The maximum atomic E-state index is 11.9. The van der Waals surface area contributed by atoms with Crippen LogP contribution in [-0.2, 0) is 11.2 Å².